The Morgan fingerprint density at radius 1 is 1.16 bits per heavy atom. The van der Waals surface area contributed by atoms with Gasteiger partial charge in [-0.1, -0.05) is 50.8 Å². The Labute approximate surface area is 119 Å². The van der Waals surface area contributed by atoms with Gasteiger partial charge in [0, 0.05) is 11.4 Å². The number of anilines is 1. The van der Waals surface area contributed by atoms with Gasteiger partial charge in [0.1, 0.15) is 0 Å². The van der Waals surface area contributed by atoms with Gasteiger partial charge in [0.25, 0.3) is 0 Å². The molecule has 0 aliphatic heterocycles. The number of H-pyrrole nitrogens is 1. The Hall–Kier alpha value is -1.16. The summed E-state index contributed by atoms with van der Waals surface area (Å²) < 4.78 is 0. The summed E-state index contributed by atoms with van der Waals surface area (Å²) in [5, 5.41) is 1.01. The van der Waals surface area contributed by atoms with Crippen LogP contribution in [0.15, 0.2) is 23.4 Å². The molecule has 0 atom stereocenters. The molecule has 19 heavy (non-hydrogen) atoms. The number of benzene rings is 1. The van der Waals surface area contributed by atoms with E-state index in [0.29, 0.717) is 0 Å². The second-order valence-corrected chi connectivity index (χ2v) is 6.02. The number of fused-ring (bicyclic) bond motifs is 1. The Kier molecular flexibility index (Phi) is 5.58. The molecule has 0 fully saturated rings. The zero-order chi connectivity index (χ0) is 13.5. The van der Waals surface area contributed by atoms with Crippen LogP contribution in [0.4, 0.5) is 5.69 Å². The molecule has 2 aromatic rings. The SMILES string of the molecule is CCCCCCCCSc1nc2ccc(N)cc2[nH]1. The number of imidazole rings is 1. The van der Waals surface area contributed by atoms with E-state index in [2.05, 4.69) is 16.9 Å². The van der Waals surface area contributed by atoms with E-state index in [1.54, 1.807) is 0 Å². The highest BCUT2D eigenvalue weighted by Crippen LogP contribution is 2.22. The molecule has 1 heterocycles. The van der Waals surface area contributed by atoms with E-state index >= 15 is 0 Å². The van der Waals surface area contributed by atoms with Crippen LogP contribution in [-0.2, 0) is 0 Å². The fourth-order valence-corrected chi connectivity index (χ4v) is 3.01. The standard InChI is InChI=1S/C15H23N3S/c1-2-3-4-5-6-7-10-19-15-17-13-9-8-12(16)11-14(13)18-15/h8-9,11H,2-7,10,16H2,1H3,(H,17,18). The van der Waals surface area contributed by atoms with Crippen molar-refractivity contribution in [2.45, 2.75) is 50.6 Å². The first-order chi connectivity index (χ1) is 9.29. The number of nitrogen functional groups attached to an aromatic ring is 1. The third-order valence-electron chi connectivity index (χ3n) is 3.22. The minimum atomic E-state index is 0.781. The predicted molar refractivity (Wildman–Crippen MR) is 84.6 cm³/mol. The molecule has 1 aromatic heterocycles. The average Bonchev–Trinajstić information content (AvgIpc) is 2.79. The topological polar surface area (TPSA) is 54.7 Å². The van der Waals surface area contributed by atoms with Crippen LogP contribution in [0.5, 0.6) is 0 Å². The van der Waals surface area contributed by atoms with Gasteiger partial charge in [0.2, 0.25) is 0 Å². The van der Waals surface area contributed by atoms with E-state index in [0.717, 1.165) is 27.6 Å². The molecule has 0 spiro atoms. The molecule has 0 saturated heterocycles. The number of nitrogens with one attached hydrogen (secondary N) is 1. The summed E-state index contributed by atoms with van der Waals surface area (Å²) in [5.41, 5.74) is 8.57. The molecule has 0 aliphatic rings. The Morgan fingerprint density at radius 3 is 2.79 bits per heavy atom. The lowest BCUT2D eigenvalue weighted by molar-refractivity contribution is 0.627. The second-order valence-electron chi connectivity index (χ2n) is 4.93. The van der Waals surface area contributed by atoms with E-state index in [9.17, 15) is 0 Å². The van der Waals surface area contributed by atoms with Gasteiger partial charge in [-0.05, 0) is 24.6 Å². The summed E-state index contributed by atoms with van der Waals surface area (Å²) in [4.78, 5) is 7.87. The quantitative estimate of drug-likeness (QED) is 0.421. The lowest BCUT2D eigenvalue weighted by Gasteiger charge is -1.99. The number of thioether (sulfide) groups is 1. The molecule has 0 bridgehead atoms. The number of rotatable bonds is 8. The van der Waals surface area contributed by atoms with Crippen molar-refractivity contribution in [2.75, 3.05) is 11.5 Å². The van der Waals surface area contributed by atoms with Gasteiger partial charge in [-0.2, -0.15) is 0 Å². The van der Waals surface area contributed by atoms with Gasteiger partial charge in [0.05, 0.1) is 11.0 Å². The molecule has 104 valence electrons. The monoisotopic (exact) mass is 277 g/mol. The average molecular weight is 277 g/mol. The number of aromatic amines is 1. The normalized spacial score (nSPS) is 11.2. The van der Waals surface area contributed by atoms with E-state index in [4.69, 9.17) is 5.73 Å². The highest BCUT2D eigenvalue weighted by molar-refractivity contribution is 7.99. The summed E-state index contributed by atoms with van der Waals surface area (Å²) in [7, 11) is 0. The summed E-state index contributed by atoms with van der Waals surface area (Å²) in [6.07, 6.45) is 8.04. The smallest absolute Gasteiger partial charge is 0.166 e. The molecule has 0 unspecified atom stereocenters. The number of unbranched alkanes of at least 4 members (excludes halogenated alkanes) is 5. The van der Waals surface area contributed by atoms with Gasteiger partial charge in [0.15, 0.2) is 5.16 Å². The van der Waals surface area contributed by atoms with Gasteiger partial charge in [-0.25, -0.2) is 4.98 Å². The lowest BCUT2D eigenvalue weighted by Crippen LogP contribution is -1.83. The zero-order valence-electron chi connectivity index (χ0n) is 11.6. The Balaban J connectivity index is 1.72. The van der Waals surface area contributed by atoms with Gasteiger partial charge in [-0.15, -0.1) is 0 Å². The third-order valence-corrected chi connectivity index (χ3v) is 4.18. The largest absolute Gasteiger partial charge is 0.399 e. The number of hydrogen-bond acceptors (Lipinski definition) is 3. The first-order valence-electron chi connectivity index (χ1n) is 7.17. The van der Waals surface area contributed by atoms with Crippen LogP contribution >= 0.6 is 11.8 Å². The first-order valence-corrected chi connectivity index (χ1v) is 8.16. The van der Waals surface area contributed by atoms with Crippen LogP contribution in [0, 0.1) is 0 Å². The molecule has 0 aliphatic carbocycles. The van der Waals surface area contributed by atoms with Crippen LogP contribution in [0.1, 0.15) is 45.4 Å². The van der Waals surface area contributed by atoms with Crippen molar-refractivity contribution in [3.63, 3.8) is 0 Å². The number of aromatic nitrogens is 2. The maximum absolute atomic E-state index is 5.76. The van der Waals surface area contributed by atoms with Crippen molar-refractivity contribution in [2.24, 2.45) is 0 Å². The van der Waals surface area contributed by atoms with E-state index in [-0.39, 0.29) is 0 Å². The Bertz CT molecular complexity index is 507. The molecule has 1 aromatic carbocycles. The molecule has 0 amide bonds. The van der Waals surface area contributed by atoms with Gasteiger partial charge < -0.3 is 10.7 Å². The predicted octanol–water partition coefficient (Wildman–Crippen LogP) is 4.60. The highest BCUT2D eigenvalue weighted by Gasteiger charge is 2.03. The second kappa shape index (κ2) is 7.43. The number of nitrogens with two attached hydrogens (primary N) is 1. The van der Waals surface area contributed by atoms with Crippen molar-refractivity contribution in [3.8, 4) is 0 Å². The van der Waals surface area contributed by atoms with Crippen LogP contribution in [0.3, 0.4) is 0 Å². The summed E-state index contributed by atoms with van der Waals surface area (Å²) in [6.45, 7) is 2.25. The summed E-state index contributed by atoms with van der Waals surface area (Å²) in [6, 6.07) is 5.80. The summed E-state index contributed by atoms with van der Waals surface area (Å²) in [5.74, 6) is 1.14. The molecule has 2 rings (SSSR count). The van der Waals surface area contributed by atoms with Crippen LogP contribution in [-0.4, -0.2) is 15.7 Å². The van der Waals surface area contributed by atoms with Gasteiger partial charge >= 0.3 is 0 Å². The fraction of sp³-hybridized carbons (Fsp3) is 0.533. The third kappa shape index (κ3) is 4.46. The minimum Gasteiger partial charge on any atom is -0.399 e. The molecule has 0 radical (unpaired) electrons. The number of hydrogen-bond donors (Lipinski definition) is 2. The van der Waals surface area contributed by atoms with Gasteiger partial charge in [-0.3, -0.25) is 0 Å². The highest BCUT2D eigenvalue weighted by atomic mass is 32.2. The lowest BCUT2D eigenvalue weighted by atomic mass is 10.1. The number of nitrogens with zero attached hydrogens (tertiary/aromatic N) is 1. The molecular formula is C15H23N3S. The van der Waals surface area contributed by atoms with Crippen LogP contribution in [0.25, 0.3) is 11.0 Å². The van der Waals surface area contributed by atoms with E-state index in [1.807, 2.05) is 30.0 Å². The van der Waals surface area contributed by atoms with Crippen LogP contribution < -0.4 is 5.73 Å². The molecule has 0 saturated carbocycles. The molecule has 3 N–H and O–H groups in total. The zero-order valence-corrected chi connectivity index (χ0v) is 12.4. The van der Waals surface area contributed by atoms with Crippen molar-refractivity contribution in [1.29, 1.82) is 0 Å². The fourth-order valence-electron chi connectivity index (χ4n) is 2.12. The van der Waals surface area contributed by atoms with Crippen molar-refractivity contribution < 1.29 is 0 Å². The minimum absolute atomic E-state index is 0.781. The first kappa shape index (κ1) is 14.3. The maximum atomic E-state index is 5.76. The molecule has 3 nitrogen and oxygen atoms in total. The van der Waals surface area contributed by atoms with Crippen molar-refractivity contribution >= 4 is 28.5 Å². The van der Waals surface area contributed by atoms with Crippen molar-refractivity contribution in [1.82, 2.24) is 9.97 Å². The maximum Gasteiger partial charge on any atom is 0.166 e. The Morgan fingerprint density at radius 2 is 1.95 bits per heavy atom. The van der Waals surface area contributed by atoms with E-state index in [1.165, 1.54) is 38.5 Å². The molecule has 4 heteroatoms. The van der Waals surface area contributed by atoms with Crippen LogP contribution in [0.2, 0.25) is 0 Å². The van der Waals surface area contributed by atoms with Crippen molar-refractivity contribution in [3.05, 3.63) is 18.2 Å². The summed E-state index contributed by atoms with van der Waals surface area (Å²) >= 11 is 1.81. The van der Waals surface area contributed by atoms with E-state index < -0.39 is 0 Å². The molecular weight excluding hydrogens is 254 g/mol.